The lowest BCUT2D eigenvalue weighted by atomic mass is 9.75. The highest BCUT2D eigenvalue weighted by molar-refractivity contribution is 5.27. The minimum absolute atomic E-state index is 0.132. The van der Waals surface area contributed by atoms with Crippen molar-refractivity contribution >= 4 is 0 Å². The Balaban J connectivity index is 1.68. The second kappa shape index (κ2) is 7.35. The van der Waals surface area contributed by atoms with Gasteiger partial charge in [-0.05, 0) is 53.1 Å². The first-order valence-corrected chi connectivity index (χ1v) is 8.67. The number of likely N-dealkylation sites (tertiary alicyclic amines) is 1. The number of hydrogen-bond donors (Lipinski definition) is 0. The summed E-state index contributed by atoms with van der Waals surface area (Å²) in [6, 6.07) is 15.4. The summed E-state index contributed by atoms with van der Waals surface area (Å²) in [7, 11) is 1.69. The van der Waals surface area contributed by atoms with Gasteiger partial charge in [0, 0.05) is 19.6 Å². The Kier molecular flexibility index (Phi) is 5.20. The van der Waals surface area contributed by atoms with Crippen molar-refractivity contribution in [2.75, 3.05) is 20.2 Å². The fraction of sp³-hybridized carbons (Fsp3) is 0.429. The van der Waals surface area contributed by atoms with Gasteiger partial charge in [0.25, 0.3) is 0 Å². The van der Waals surface area contributed by atoms with Crippen LogP contribution in [0.4, 0.5) is 4.39 Å². The molecule has 0 aromatic heterocycles. The molecule has 1 heterocycles. The first-order valence-electron chi connectivity index (χ1n) is 8.67. The van der Waals surface area contributed by atoms with Crippen LogP contribution in [0, 0.1) is 17.7 Å². The third-order valence-corrected chi connectivity index (χ3v) is 5.12. The van der Waals surface area contributed by atoms with E-state index in [1.807, 2.05) is 18.2 Å². The molecule has 2 atom stereocenters. The third-order valence-electron chi connectivity index (χ3n) is 5.12. The van der Waals surface area contributed by atoms with Gasteiger partial charge in [-0.2, -0.15) is 0 Å². The molecule has 0 N–H and O–H groups in total. The molecule has 3 heteroatoms. The van der Waals surface area contributed by atoms with Crippen LogP contribution in [0.3, 0.4) is 0 Å². The van der Waals surface area contributed by atoms with E-state index in [2.05, 4.69) is 36.9 Å². The van der Waals surface area contributed by atoms with E-state index in [-0.39, 0.29) is 5.82 Å². The van der Waals surface area contributed by atoms with Gasteiger partial charge in [-0.1, -0.05) is 38.1 Å². The Morgan fingerprint density at radius 2 is 1.71 bits per heavy atom. The minimum atomic E-state index is -0.132. The molecule has 0 bridgehead atoms. The third kappa shape index (κ3) is 3.78. The molecule has 0 amide bonds. The van der Waals surface area contributed by atoms with E-state index in [1.54, 1.807) is 13.2 Å². The van der Waals surface area contributed by atoms with Crippen molar-refractivity contribution in [1.29, 1.82) is 0 Å². The van der Waals surface area contributed by atoms with Crippen LogP contribution in [0.15, 0.2) is 48.5 Å². The predicted molar refractivity (Wildman–Crippen MR) is 95.7 cm³/mol. The summed E-state index contributed by atoms with van der Waals surface area (Å²) in [4.78, 5) is 2.51. The summed E-state index contributed by atoms with van der Waals surface area (Å²) in [5.74, 6) is 2.20. The van der Waals surface area contributed by atoms with Gasteiger partial charge in [-0.25, -0.2) is 4.39 Å². The zero-order valence-electron chi connectivity index (χ0n) is 14.7. The largest absolute Gasteiger partial charge is 0.497 e. The number of methoxy groups -OCH3 is 1. The second-order valence-corrected chi connectivity index (χ2v) is 7.08. The Labute approximate surface area is 144 Å². The lowest BCUT2D eigenvalue weighted by Gasteiger charge is -2.42. The van der Waals surface area contributed by atoms with Crippen molar-refractivity contribution in [2.45, 2.75) is 26.3 Å². The summed E-state index contributed by atoms with van der Waals surface area (Å²) < 4.78 is 18.8. The normalized spacial score (nSPS) is 24.8. The monoisotopic (exact) mass is 327 g/mol. The van der Waals surface area contributed by atoms with E-state index in [4.69, 9.17) is 4.74 Å². The Morgan fingerprint density at radius 3 is 2.29 bits per heavy atom. The summed E-state index contributed by atoms with van der Waals surface area (Å²) in [6.07, 6.45) is 0. The van der Waals surface area contributed by atoms with Crippen LogP contribution in [-0.2, 0) is 6.54 Å². The molecule has 0 radical (unpaired) electrons. The summed E-state index contributed by atoms with van der Waals surface area (Å²) in [5, 5.41) is 0. The van der Waals surface area contributed by atoms with Crippen LogP contribution >= 0.6 is 0 Å². The first-order chi connectivity index (χ1) is 11.6. The number of piperidine rings is 1. The topological polar surface area (TPSA) is 12.5 Å². The Bertz CT molecular complexity index is 658. The van der Waals surface area contributed by atoms with Crippen molar-refractivity contribution < 1.29 is 9.13 Å². The van der Waals surface area contributed by atoms with Crippen LogP contribution in [0.25, 0.3) is 0 Å². The first kappa shape index (κ1) is 17.0. The number of hydrogen-bond acceptors (Lipinski definition) is 2. The molecular formula is C21H26FNO. The van der Waals surface area contributed by atoms with Gasteiger partial charge >= 0.3 is 0 Å². The molecular weight excluding hydrogens is 301 g/mol. The van der Waals surface area contributed by atoms with Gasteiger partial charge in [-0.3, -0.25) is 4.90 Å². The summed E-state index contributed by atoms with van der Waals surface area (Å²) >= 11 is 0. The van der Waals surface area contributed by atoms with E-state index in [9.17, 15) is 4.39 Å². The summed E-state index contributed by atoms with van der Waals surface area (Å²) in [6.45, 7) is 7.60. The zero-order chi connectivity index (χ0) is 17.1. The van der Waals surface area contributed by atoms with E-state index in [1.165, 1.54) is 11.6 Å². The van der Waals surface area contributed by atoms with Crippen LogP contribution in [0.2, 0.25) is 0 Å². The molecule has 2 nitrogen and oxygen atoms in total. The highest BCUT2D eigenvalue weighted by Gasteiger charge is 2.33. The van der Waals surface area contributed by atoms with Crippen molar-refractivity contribution in [3.63, 3.8) is 0 Å². The van der Waals surface area contributed by atoms with Crippen LogP contribution in [0.1, 0.15) is 30.9 Å². The lowest BCUT2D eigenvalue weighted by Crippen LogP contribution is -2.42. The van der Waals surface area contributed by atoms with Crippen molar-refractivity contribution in [3.8, 4) is 5.75 Å². The molecule has 128 valence electrons. The van der Waals surface area contributed by atoms with Gasteiger partial charge in [0.2, 0.25) is 0 Å². The minimum Gasteiger partial charge on any atom is -0.497 e. The molecule has 1 aliphatic heterocycles. The number of halogens is 1. The molecule has 24 heavy (non-hydrogen) atoms. The second-order valence-electron chi connectivity index (χ2n) is 7.08. The van der Waals surface area contributed by atoms with E-state index in [0.29, 0.717) is 17.8 Å². The maximum absolute atomic E-state index is 13.6. The number of rotatable bonds is 4. The Hall–Kier alpha value is -1.87. The van der Waals surface area contributed by atoms with Gasteiger partial charge in [0.15, 0.2) is 0 Å². The van der Waals surface area contributed by atoms with Crippen molar-refractivity contribution in [3.05, 3.63) is 65.5 Å². The average Bonchev–Trinajstić information content (AvgIpc) is 2.55. The SMILES string of the molecule is COc1ccc(CN2CC(C)C(c3cccc(F)c3)C(C)C2)cc1. The number of benzene rings is 2. The molecule has 0 spiro atoms. The quantitative estimate of drug-likeness (QED) is 0.806. The predicted octanol–water partition coefficient (Wildman–Crippen LogP) is 4.71. The molecule has 3 rings (SSSR count). The van der Waals surface area contributed by atoms with E-state index >= 15 is 0 Å². The molecule has 2 aromatic carbocycles. The molecule has 0 aliphatic carbocycles. The number of nitrogens with zero attached hydrogens (tertiary/aromatic N) is 1. The van der Waals surface area contributed by atoms with E-state index in [0.717, 1.165) is 30.9 Å². The maximum atomic E-state index is 13.6. The molecule has 1 aliphatic rings. The molecule has 2 aromatic rings. The fourth-order valence-corrected chi connectivity index (χ4v) is 4.17. The maximum Gasteiger partial charge on any atom is 0.123 e. The highest BCUT2D eigenvalue weighted by Crippen LogP contribution is 2.37. The smallest absolute Gasteiger partial charge is 0.123 e. The molecule has 1 saturated heterocycles. The van der Waals surface area contributed by atoms with Gasteiger partial charge in [-0.15, -0.1) is 0 Å². The highest BCUT2D eigenvalue weighted by atomic mass is 19.1. The van der Waals surface area contributed by atoms with Crippen LogP contribution < -0.4 is 4.74 Å². The number of ether oxygens (including phenoxy) is 1. The Morgan fingerprint density at radius 1 is 1.04 bits per heavy atom. The standard InChI is InChI=1S/C21H26FNO/c1-15-12-23(14-17-7-9-20(24-3)10-8-17)13-16(2)21(15)18-5-4-6-19(22)11-18/h4-11,15-16,21H,12-14H2,1-3H3. The van der Waals surface area contributed by atoms with Gasteiger partial charge in [0.05, 0.1) is 7.11 Å². The molecule has 1 fully saturated rings. The van der Waals surface area contributed by atoms with Gasteiger partial charge in [0.1, 0.15) is 11.6 Å². The molecule has 2 unspecified atom stereocenters. The zero-order valence-corrected chi connectivity index (χ0v) is 14.7. The van der Waals surface area contributed by atoms with Gasteiger partial charge < -0.3 is 4.74 Å². The lowest BCUT2D eigenvalue weighted by molar-refractivity contribution is 0.110. The van der Waals surface area contributed by atoms with Crippen LogP contribution in [-0.4, -0.2) is 25.1 Å². The average molecular weight is 327 g/mol. The van der Waals surface area contributed by atoms with Crippen molar-refractivity contribution in [2.24, 2.45) is 11.8 Å². The molecule has 0 saturated carbocycles. The van der Waals surface area contributed by atoms with Crippen LogP contribution in [0.5, 0.6) is 5.75 Å². The summed E-state index contributed by atoms with van der Waals surface area (Å²) in [5.41, 5.74) is 2.44. The van der Waals surface area contributed by atoms with Crippen molar-refractivity contribution in [1.82, 2.24) is 4.90 Å². The van der Waals surface area contributed by atoms with E-state index < -0.39 is 0 Å². The fourth-order valence-electron chi connectivity index (χ4n) is 4.17.